The van der Waals surface area contributed by atoms with Gasteiger partial charge in [0.1, 0.15) is 18.9 Å². The summed E-state index contributed by atoms with van der Waals surface area (Å²) in [5, 5.41) is 6.88. The molecule has 116 valence electrons. The zero-order valence-corrected chi connectivity index (χ0v) is 12.3. The van der Waals surface area contributed by atoms with Crippen LogP contribution in [0.4, 0.5) is 5.69 Å². The Morgan fingerprint density at radius 3 is 3.09 bits per heavy atom. The molecule has 1 amide bonds. The SMILES string of the molecule is O=C(Cn1cccn1)Nc1ccccc1OCC1CCCO1. The highest BCUT2D eigenvalue weighted by Gasteiger charge is 2.17. The van der Waals surface area contributed by atoms with Crippen LogP contribution in [0, 0.1) is 0 Å². The Balaban J connectivity index is 1.59. The van der Waals surface area contributed by atoms with E-state index in [9.17, 15) is 4.79 Å². The second-order valence-electron chi connectivity index (χ2n) is 5.19. The van der Waals surface area contributed by atoms with Crippen LogP contribution in [0.3, 0.4) is 0 Å². The van der Waals surface area contributed by atoms with Gasteiger partial charge in [0.25, 0.3) is 0 Å². The van der Waals surface area contributed by atoms with Crippen LogP contribution in [0.5, 0.6) is 5.75 Å². The van der Waals surface area contributed by atoms with Gasteiger partial charge in [0.2, 0.25) is 5.91 Å². The second-order valence-corrected chi connectivity index (χ2v) is 5.19. The number of carbonyl (C=O) groups excluding carboxylic acids is 1. The fraction of sp³-hybridized carbons (Fsp3) is 0.375. The first-order chi connectivity index (χ1) is 10.8. The lowest BCUT2D eigenvalue weighted by atomic mass is 10.2. The zero-order valence-electron chi connectivity index (χ0n) is 12.3. The van der Waals surface area contributed by atoms with Gasteiger partial charge in [-0.1, -0.05) is 12.1 Å². The number of anilines is 1. The summed E-state index contributed by atoms with van der Waals surface area (Å²) in [4.78, 5) is 12.0. The number of nitrogens with zero attached hydrogens (tertiary/aromatic N) is 2. The molecule has 22 heavy (non-hydrogen) atoms. The molecule has 1 aromatic heterocycles. The maximum Gasteiger partial charge on any atom is 0.246 e. The molecule has 1 fully saturated rings. The lowest BCUT2D eigenvalue weighted by molar-refractivity contribution is -0.116. The lowest BCUT2D eigenvalue weighted by Crippen LogP contribution is -2.20. The molecule has 2 aromatic rings. The molecule has 1 saturated heterocycles. The van der Waals surface area contributed by atoms with E-state index in [1.165, 1.54) is 0 Å². The van der Waals surface area contributed by atoms with Gasteiger partial charge in [0.15, 0.2) is 0 Å². The molecule has 1 aromatic carbocycles. The van der Waals surface area contributed by atoms with Gasteiger partial charge >= 0.3 is 0 Å². The third-order valence-corrected chi connectivity index (χ3v) is 3.47. The van der Waals surface area contributed by atoms with E-state index in [0.717, 1.165) is 19.4 Å². The van der Waals surface area contributed by atoms with Crippen molar-refractivity contribution in [2.75, 3.05) is 18.5 Å². The monoisotopic (exact) mass is 301 g/mol. The maximum atomic E-state index is 12.0. The van der Waals surface area contributed by atoms with Crippen molar-refractivity contribution >= 4 is 11.6 Å². The summed E-state index contributed by atoms with van der Waals surface area (Å²) in [5.41, 5.74) is 0.664. The standard InChI is InChI=1S/C16H19N3O3/c20-16(11-19-9-4-8-17-19)18-14-6-1-2-7-15(14)22-12-13-5-3-10-21-13/h1-2,4,6-9,13H,3,5,10-12H2,(H,18,20). The fourth-order valence-electron chi connectivity index (χ4n) is 2.39. The predicted octanol–water partition coefficient (Wildman–Crippen LogP) is 2.08. The van der Waals surface area contributed by atoms with E-state index in [-0.39, 0.29) is 18.6 Å². The Kier molecular flexibility index (Phi) is 4.70. The number of amides is 1. The van der Waals surface area contributed by atoms with Crippen LogP contribution in [0.25, 0.3) is 0 Å². The Bertz CT molecular complexity index is 607. The quantitative estimate of drug-likeness (QED) is 0.887. The van der Waals surface area contributed by atoms with E-state index in [4.69, 9.17) is 9.47 Å². The van der Waals surface area contributed by atoms with Crippen LogP contribution in [0.15, 0.2) is 42.7 Å². The van der Waals surface area contributed by atoms with Gasteiger partial charge in [-0.2, -0.15) is 5.10 Å². The van der Waals surface area contributed by atoms with Gasteiger partial charge in [-0.15, -0.1) is 0 Å². The van der Waals surface area contributed by atoms with Crippen molar-refractivity contribution in [3.8, 4) is 5.75 Å². The number of para-hydroxylation sites is 2. The minimum absolute atomic E-state index is 0.142. The van der Waals surface area contributed by atoms with Gasteiger partial charge < -0.3 is 14.8 Å². The molecule has 1 aliphatic rings. The summed E-state index contributed by atoms with van der Waals surface area (Å²) >= 11 is 0. The van der Waals surface area contributed by atoms with E-state index < -0.39 is 0 Å². The number of rotatable bonds is 6. The first kappa shape index (κ1) is 14.6. The molecule has 6 heteroatoms. The fourth-order valence-corrected chi connectivity index (χ4v) is 2.39. The molecule has 0 saturated carbocycles. The molecule has 0 spiro atoms. The third kappa shape index (κ3) is 3.85. The average Bonchev–Trinajstić information content (AvgIpc) is 3.19. The molecule has 6 nitrogen and oxygen atoms in total. The van der Waals surface area contributed by atoms with Crippen LogP contribution in [0.2, 0.25) is 0 Å². The van der Waals surface area contributed by atoms with E-state index in [2.05, 4.69) is 10.4 Å². The smallest absolute Gasteiger partial charge is 0.246 e. The highest BCUT2D eigenvalue weighted by atomic mass is 16.5. The number of carbonyl (C=O) groups is 1. The van der Waals surface area contributed by atoms with Gasteiger partial charge in [-0.05, 0) is 31.0 Å². The van der Waals surface area contributed by atoms with Crippen LogP contribution in [0.1, 0.15) is 12.8 Å². The van der Waals surface area contributed by atoms with Crippen molar-refractivity contribution in [2.24, 2.45) is 0 Å². The van der Waals surface area contributed by atoms with Crippen molar-refractivity contribution in [1.82, 2.24) is 9.78 Å². The van der Waals surface area contributed by atoms with Crippen LogP contribution in [-0.4, -0.2) is 35.0 Å². The molecule has 1 unspecified atom stereocenters. The van der Waals surface area contributed by atoms with Crippen molar-refractivity contribution < 1.29 is 14.3 Å². The maximum absolute atomic E-state index is 12.0. The number of benzene rings is 1. The number of ether oxygens (including phenoxy) is 2. The van der Waals surface area contributed by atoms with Crippen LogP contribution < -0.4 is 10.1 Å². The highest BCUT2D eigenvalue weighted by molar-refractivity contribution is 5.92. The van der Waals surface area contributed by atoms with E-state index >= 15 is 0 Å². The normalized spacial score (nSPS) is 17.4. The Morgan fingerprint density at radius 1 is 1.41 bits per heavy atom. The molecular weight excluding hydrogens is 282 g/mol. The van der Waals surface area contributed by atoms with E-state index in [1.54, 1.807) is 23.1 Å². The van der Waals surface area contributed by atoms with Crippen molar-refractivity contribution in [3.63, 3.8) is 0 Å². The molecule has 0 bridgehead atoms. The van der Waals surface area contributed by atoms with E-state index in [1.807, 2.05) is 24.3 Å². The first-order valence-electron chi connectivity index (χ1n) is 7.42. The molecule has 0 aliphatic carbocycles. The molecule has 1 N–H and O–H groups in total. The molecule has 1 aliphatic heterocycles. The summed E-state index contributed by atoms with van der Waals surface area (Å²) < 4.78 is 12.9. The van der Waals surface area contributed by atoms with Gasteiger partial charge in [-0.25, -0.2) is 0 Å². The third-order valence-electron chi connectivity index (χ3n) is 3.47. The van der Waals surface area contributed by atoms with Crippen LogP contribution in [-0.2, 0) is 16.1 Å². The minimum atomic E-state index is -0.142. The molecule has 1 atom stereocenters. The van der Waals surface area contributed by atoms with Crippen LogP contribution >= 0.6 is 0 Å². The highest BCUT2D eigenvalue weighted by Crippen LogP contribution is 2.25. The second kappa shape index (κ2) is 7.09. The first-order valence-corrected chi connectivity index (χ1v) is 7.42. The van der Waals surface area contributed by atoms with E-state index in [0.29, 0.717) is 18.0 Å². The lowest BCUT2D eigenvalue weighted by Gasteiger charge is -2.15. The molecular formula is C16H19N3O3. The van der Waals surface area contributed by atoms with Crippen molar-refractivity contribution in [2.45, 2.75) is 25.5 Å². The van der Waals surface area contributed by atoms with Gasteiger partial charge in [-0.3, -0.25) is 9.48 Å². The molecule has 0 radical (unpaired) electrons. The Morgan fingerprint density at radius 2 is 2.32 bits per heavy atom. The topological polar surface area (TPSA) is 65.4 Å². The summed E-state index contributed by atoms with van der Waals surface area (Å²) in [6, 6.07) is 9.20. The number of hydrogen-bond acceptors (Lipinski definition) is 4. The van der Waals surface area contributed by atoms with Gasteiger partial charge in [0.05, 0.1) is 11.8 Å². The number of hydrogen-bond donors (Lipinski definition) is 1. The Hall–Kier alpha value is -2.34. The molecule has 3 rings (SSSR count). The summed E-state index contributed by atoms with van der Waals surface area (Å²) in [7, 11) is 0. The minimum Gasteiger partial charge on any atom is -0.489 e. The van der Waals surface area contributed by atoms with Crippen molar-refractivity contribution in [1.29, 1.82) is 0 Å². The Labute approximate surface area is 129 Å². The average molecular weight is 301 g/mol. The van der Waals surface area contributed by atoms with Gasteiger partial charge in [0, 0.05) is 19.0 Å². The summed E-state index contributed by atoms with van der Waals surface area (Å²) in [6.07, 6.45) is 5.64. The predicted molar refractivity (Wildman–Crippen MR) is 81.8 cm³/mol. The number of aromatic nitrogens is 2. The summed E-state index contributed by atoms with van der Waals surface area (Å²) in [6.45, 7) is 1.48. The molecule has 2 heterocycles. The van der Waals surface area contributed by atoms with Crippen molar-refractivity contribution in [3.05, 3.63) is 42.7 Å². The summed E-state index contributed by atoms with van der Waals surface area (Å²) in [5.74, 6) is 0.517. The zero-order chi connectivity index (χ0) is 15.2. The largest absolute Gasteiger partial charge is 0.489 e. The number of nitrogens with one attached hydrogen (secondary N) is 1.